The molecule has 1 rings (SSSR count). The molecule has 94 valence electrons. The number of ether oxygens (including phenoxy) is 1. The molecule has 0 aliphatic rings. The number of hydrogen-bond acceptors (Lipinski definition) is 3. The van der Waals surface area contributed by atoms with Gasteiger partial charge in [-0.2, -0.15) is 0 Å². The molecule has 0 spiro atoms. The first-order valence-corrected chi connectivity index (χ1v) is 6.28. The minimum Gasteiger partial charge on any atom is -0.383 e. The molecule has 0 unspecified atom stereocenters. The van der Waals surface area contributed by atoms with E-state index in [1.807, 2.05) is 13.8 Å². The second-order valence-electron chi connectivity index (χ2n) is 3.93. The lowest BCUT2D eigenvalue weighted by Crippen LogP contribution is -2.39. The van der Waals surface area contributed by atoms with Gasteiger partial charge in [-0.15, -0.1) is 0 Å². The average Bonchev–Trinajstić information content (AvgIpc) is 2.29. The first-order chi connectivity index (χ1) is 8.06. The minimum atomic E-state index is -0.0710. The Kier molecular flexibility index (Phi) is 5.58. The molecular weight excluding hydrogens is 284 g/mol. The Morgan fingerprint density at radius 3 is 2.76 bits per heavy atom. The lowest BCUT2D eigenvalue weighted by molar-refractivity contribution is 0.0629. The summed E-state index contributed by atoms with van der Waals surface area (Å²) >= 11 is 3.26. The summed E-state index contributed by atoms with van der Waals surface area (Å²) < 4.78 is 5.67. The summed E-state index contributed by atoms with van der Waals surface area (Å²) in [6, 6.07) is 5.44. The Balaban J connectivity index is 2.84. The second-order valence-corrected chi connectivity index (χ2v) is 4.74. The summed E-state index contributed by atoms with van der Waals surface area (Å²) in [6.07, 6.45) is 0. The van der Waals surface area contributed by atoms with Crippen molar-refractivity contribution in [3.63, 3.8) is 0 Å². The maximum Gasteiger partial charge on any atom is 0.272 e. The zero-order valence-corrected chi connectivity index (χ0v) is 11.9. The van der Waals surface area contributed by atoms with Crippen LogP contribution in [-0.2, 0) is 4.74 Å². The SMILES string of the molecule is COCCN(C(=O)c1cccc(Br)n1)C(C)C. The highest BCUT2D eigenvalue weighted by atomic mass is 79.9. The van der Waals surface area contributed by atoms with Crippen molar-refractivity contribution in [3.05, 3.63) is 28.5 Å². The van der Waals surface area contributed by atoms with Gasteiger partial charge in [0.05, 0.1) is 6.61 Å². The number of amides is 1. The Labute approximate surface area is 110 Å². The zero-order valence-electron chi connectivity index (χ0n) is 10.3. The molecule has 17 heavy (non-hydrogen) atoms. The first-order valence-electron chi connectivity index (χ1n) is 5.48. The van der Waals surface area contributed by atoms with Crippen LogP contribution in [0, 0.1) is 0 Å². The van der Waals surface area contributed by atoms with E-state index in [1.165, 1.54) is 0 Å². The maximum absolute atomic E-state index is 12.2. The lowest BCUT2D eigenvalue weighted by Gasteiger charge is -2.26. The number of aromatic nitrogens is 1. The number of hydrogen-bond donors (Lipinski definition) is 0. The summed E-state index contributed by atoms with van der Waals surface area (Å²) in [5.41, 5.74) is 0.448. The molecule has 0 atom stereocenters. The maximum atomic E-state index is 12.2. The second kappa shape index (κ2) is 6.71. The molecule has 0 radical (unpaired) electrons. The van der Waals surface area contributed by atoms with E-state index < -0.39 is 0 Å². The van der Waals surface area contributed by atoms with Gasteiger partial charge in [0.25, 0.3) is 5.91 Å². The van der Waals surface area contributed by atoms with E-state index in [4.69, 9.17) is 4.74 Å². The summed E-state index contributed by atoms with van der Waals surface area (Å²) in [4.78, 5) is 18.1. The molecular formula is C12H17BrN2O2. The highest BCUT2D eigenvalue weighted by molar-refractivity contribution is 9.10. The predicted molar refractivity (Wildman–Crippen MR) is 70.0 cm³/mol. The van der Waals surface area contributed by atoms with Gasteiger partial charge in [-0.1, -0.05) is 6.07 Å². The fourth-order valence-corrected chi connectivity index (χ4v) is 1.80. The summed E-state index contributed by atoms with van der Waals surface area (Å²) in [7, 11) is 1.63. The molecule has 0 fully saturated rings. The molecule has 0 aliphatic heterocycles. The van der Waals surface area contributed by atoms with E-state index in [0.29, 0.717) is 23.4 Å². The van der Waals surface area contributed by atoms with Gasteiger partial charge in [-0.05, 0) is 41.9 Å². The Hall–Kier alpha value is -0.940. The van der Waals surface area contributed by atoms with Crippen LogP contribution < -0.4 is 0 Å². The van der Waals surface area contributed by atoms with Crippen LogP contribution in [0.25, 0.3) is 0 Å². The molecule has 0 saturated heterocycles. The summed E-state index contributed by atoms with van der Waals surface area (Å²) in [5.74, 6) is -0.0710. The van der Waals surface area contributed by atoms with Crippen LogP contribution in [0.2, 0.25) is 0 Å². The van der Waals surface area contributed by atoms with Crippen LogP contribution >= 0.6 is 15.9 Å². The van der Waals surface area contributed by atoms with Crippen LogP contribution in [0.4, 0.5) is 0 Å². The Bertz CT molecular complexity index is 383. The van der Waals surface area contributed by atoms with Gasteiger partial charge in [-0.25, -0.2) is 4.98 Å². The molecule has 0 aliphatic carbocycles. The van der Waals surface area contributed by atoms with E-state index >= 15 is 0 Å². The standard InChI is InChI=1S/C12H17BrN2O2/c1-9(2)15(7-8-17-3)12(16)10-5-4-6-11(13)14-10/h4-6,9H,7-8H2,1-3H3. The Morgan fingerprint density at radius 2 is 2.24 bits per heavy atom. The van der Waals surface area contributed by atoms with Gasteiger partial charge in [0, 0.05) is 19.7 Å². The van der Waals surface area contributed by atoms with Crippen LogP contribution in [0.1, 0.15) is 24.3 Å². The van der Waals surface area contributed by atoms with Crippen LogP contribution in [0.5, 0.6) is 0 Å². The normalized spacial score (nSPS) is 10.6. The average molecular weight is 301 g/mol. The van der Waals surface area contributed by atoms with E-state index in [0.717, 1.165) is 0 Å². The van der Waals surface area contributed by atoms with Gasteiger partial charge in [0.1, 0.15) is 10.3 Å². The van der Waals surface area contributed by atoms with Gasteiger partial charge in [0.15, 0.2) is 0 Å². The monoisotopic (exact) mass is 300 g/mol. The quantitative estimate of drug-likeness (QED) is 0.784. The predicted octanol–water partition coefficient (Wildman–Crippen LogP) is 2.34. The largest absolute Gasteiger partial charge is 0.383 e. The van der Waals surface area contributed by atoms with Crippen molar-refractivity contribution >= 4 is 21.8 Å². The van der Waals surface area contributed by atoms with E-state index in [2.05, 4.69) is 20.9 Å². The van der Waals surface area contributed by atoms with E-state index in [-0.39, 0.29) is 11.9 Å². The molecule has 1 amide bonds. The van der Waals surface area contributed by atoms with Crippen molar-refractivity contribution in [3.8, 4) is 0 Å². The lowest BCUT2D eigenvalue weighted by atomic mass is 10.2. The molecule has 0 bridgehead atoms. The number of nitrogens with zero attached hydrogens (tertiary/aromatic N) is 2. The number of pyridine rings is 1. The molecule has 0 aromatic carbocycles. The fraction of sp³-hybridized carbons (Fsp3) is 0.500. The van der Waals surface area contributed by atoms with Crippen LogP contribution in [-0.4, -0.2) is 42.1 Å². The summed E-state index contributed by atoms with van der Waals surface area (Å²) in [5, 5.41) is 0. The van der Waals surface area contributed by atoms with E-state index in [1.54, 1.807) is 30.2 Å². The topological polar surface area (TPSA) is 42.4 Å². The van der Waals surface area contributed by atoms with Crippen molar-refractivity contribution in [2.75, 3.05) is 20.3 Å². The summed E-state index contributed by atoms with van der Waals surface area (Å²) in [6.45, 7) is 5.05. The highest BCUT2D eigenvalue weighted by Gasteiger charge is 2.19. The van der Waals surface area contributed by atoms with Crippen molar-refractivity contribution in [2.24, 2.45) is 0 Å². The molecule has 1 heterocycles. The van der Waals surface area contributed by atoms with Crippen molar-refractivity contribution < 1.29 is 9.53 Å². The highest BCUT2D eigenvalue weighted by Crippen LogP contribution is 2.10. The molecule has 5 heteroatoms. The molecule has 1 aromatic heterocycles. The molecule has 0 N–H and O–H groups in total. The number of methoxy groups -OCH3 is 1. The third kappa shape index (κ3) is 4.09. The van der Waals surface area contributed by atoms with Gasteiger partial charge < -0.3 is 9.64 Å². The minimum absolute atomic E-state index is 0.0710. The molecule has 0 saturated carbocycles. The van der Waals surface area contributed by atoms with Crippen LogP contribution in [0.15, 0.2) is 22.8 Å². The third-order valence-electron chi connectivity index (χ3n) is 2.35. The number of rotatable bonds is 5. The zero-order chi connectivity index (χ0) is 12.8. The fourth-order valence-electron chi connectivity index (χ4n) is 1.46. The van der Waals surface area contributed by atoms with Gasteiger partial charge >= 0.3 is 0 Å². The molecule has 4 nitrogen and oxygen atoms in total. The third-order valence-corrected chi connectivity index (χ3v) is 2.80. The van der Waals surface area contributed by atoms with Gasteiger partial charge in [-0.3, -0.25) is 4.79 Å². The van der Waals surface area contributed by atoms with Gasteiger partial charge in [0.2, 0.25) is 0 Å². The van der Waals surface area contributed by atoms with Crippen LogP contribution in [0.3, 0.4) is 0 Å². The smallest absolute Gasteiger partial charge is 0.272 e. The number of halogens is 1. The number of carbonyl (C=O) groups is 1. The van der Waals surface area contributed by atoms with Crippen molar-refractivity contribution in [1.82, 2.24) is 9.88 Å². The number of carbonyl (C=O) groups excluding carboxylic acids is 1. The van der Waals surface area contributed by atoms with Crippen molar-refractivity contribution in [1.29, 1.82) is 0 Å². The Morgan fingerprint density at radius 1 is 1.53 bits per heavy atom. The molecule has 1 aromatic rings. The first kappa shape index (κ1) is 14.1. The van der Waals surface area contributed by atoms with E-state index in [9.17, 15) is 4.79 Å². The van der Waals surface area contributed by atoms with Crippen molar-refractivity contribution in [2.45, 2.75) is 19.9 Å².